The number of thioether (sulfide) groups is 1. The van der Waals surface area contributed by atoms with Crippen LogP contribution in [0.2, 0.25) is 0 Å². The number of alkyl halides is 3. The summed E-state index contributed by atoms with van der Waals surface area (Å²) >= 11 is 1.10. The van der Waals surface area contributed by atoms with Crippen molar-refractivity contribution in [2.45, 2.75) is 30.4 Å². The molecule has 1 aromatic heterocycles. The van der Waals surface area contributed by atoms with Gasteiger partial charge in [0, 0.05) is 7.05 Å². The Bertz CT molecular complexity index is 716. The quantitative estimate of drug-likeness (QED) is 0.831. The summed E-state index contributed by atoms with van der Waals surface area (Å²) < 4.78 is 40.5. The molecule has 24 heavy (non-hydrogen) atoms. The lowest BCUT2D eigenvalue weighted by molar-refractivity contribution is -0.137. The largest absolute Gasteiger partial charge is 0.418 e. The Hall–Kier alpha value is -2.10. The van der Waals surface area contributed by atoms with Crippen molar-refractivity contribution in [3.05, 3.63) is 29.8 Å². The minimum absolute atomic E-state index is 0.134. The molecule has 1 atom stereocenters. The van der Waals surface area contributed by atoms with Crippen molar-refractivity contribution in [3.63, 3.8) is 0 Å². The highest BCUT2D eigenvalue weighted by Gasteiger charge is 2.34. The molecule has 1 unspecified atom stereocenters. The maximum Gasteiger partial charge on any atom is 0.418 e. The topological polar surface area (TPSA) is 72.7 Å². The Balaban J connectivity index is 2.22. The van der Waals surface area contributed by atoms with Gasteiger partial charge in [-0.2, -0.15) is 13.2 Å². The number of para-hydroxylation sites is 1. The predicted octanol–water partition coefficient (Wildman–Crippen LogP) is 2.98. The summed E-state index contributed by atoms with van der Waals surface area (Å²) in [5, 5.41) is 13.1. The monoisotopic (exact) mass is 359 g/mol. The summed E-state index contributed by atoms with van der Waals surface area (Å²) in [4.78, 5) is 12.5. The zero-order chi connectivity index (χ0) is 17.9. The van der Waals surface area contributed by atoms with Gasteiger partial charge in [0.05, 0.1) is 16.5 Å². The highest BCUT2D eigenvalue weighted by Crippen LogP contribution is 2.35. The fourth-order valence-electron chi connectivity index (χ4n) is 1.97. The van der Waals surface area contributed by atoms with Gasteiger partial charge in [0.1, 0.15) is 0 Å². The molecule has 10 heteroatoms. The molecule has 130 valence electrons. The Kier molecular flexibility index (Phi) is 5.47. The number of benzene rings is 1. The molecule has 1 aromatic carbocycles. The number of rotatable bonds is 5. The molecule has 0 bridgehead atoms. The van der Waals surface area contributed by atoms with Gasteiger partial charge in [0.25, 0.3) is 0 Å². The summed E-state index contributed by atoms with van der Waals surface area (Å²) in [6, 6.07) is 4.87. The number of hydrogen-bond acceptors (Lipinski definition) is 5. The summed E-state index contributed by atoms with van der Waals surface area (Å²) in [5.41, 5.74) is -1.15. The van der Waals surface area contributed by atoms with E-state index in [0.717, 1.165) is 17.8 Å². The van der Waals surface area contributed by atoms with Crippen molar-refractivity contribution in [2.75, 3.05) is 5.32 Å². The van der Waals surface area contributed by atoms with E-state index in [1.165, 1.54) is 22.9 Å². The van der Waals surface area contributed by atoms with Gasteiger partial charge in [-0.05, 0) is 28.5 Å². The van der Waals surface area contributed by atoms with Crippen molar-refractivity contribution in [2.24, 2.45) is 13.0 Å². The van der Waals surface area contributed by atoms with Gasteiger partial charge in [-0.1, -0.05) is 37.7 Å². The standard InChI is InChI=1S/C14H16F3N5OS/c1-8(2)11(24-13-19-20-21-22(13)3)12(23)18-10-7-5-4-6-9(10)14(15,16)17/h4-8,11H,1-3H3,(H,18,23). The van der Waals surface area contributed by atoms with Gasteiger partial charge in [0.15, 0.2) is 0 Å². The lowest BCUT2D eigenvalue weighted by Gasteiger charge is -2.20. The highest BCUT2D eigenvalue weighted by atomic mass is 32.2. The minimum Gasteiger partial charge on any atom is -0.325 e. The molecule has 1 N–H and O–H groups in total. The second-order valence-corrected chi connectivity index (χ2v) is 6.51. The first-order valence-corrected chi connectivity index (χ1v) is 7.94. The number of amides is 1. The van der Waals surface area contributed by atoms with E-state index in [0.29, 0.717) is 5.16 Å². The van der Waals surface area contributed by atoms with Crippen molar-refractivity contribution >= 4 is 23.4 Å². The molecule has 0 saturated carbocycles. The Morgan fingerprint density at radius 2 is 1.96 bits per heavy atom. The van der Waals surface area contributed by atoms with Crippen LogP contribution in [0.1, 0.15) is 19.4 Å². The lowest BCUT2D eigenvalue weighted by Crippen LogP contribution is -2.30. The molecule has 0 fully saturated rings. The van der Waals surface area contributed by atoms with Crippen LogP contribution >= 0.6 is 11.8 Å². The molecule has 2 aromatic rings. The second kappa shape index (κ2) is 7.20. The van der Waals surface area contributed by atoms with Gasteiger partial charge in [-0.3, -0.25) is 4.79 Å². The zero-order valence-corrected chi connectivity index (χ0v) is 14.0. The van der Waals surface area contributed by atoms with Crippen molar-refractivity contribution < 1.29 is 18.0 Å². The van der Waals surface area contributed by atoms with Gasteiger partial charge in [-0.25, -0.2) is 4.68 Å². The van der Waals surface area contributed by atoms with Crippen LogP contribution in [0.3, 0.4) is 0 Å². The first-order chi connectivity index (χ1) is 11.2. The minimum atomic E-state index is -4.54. The second-order valence-electron chi connectivity index (χ2n) is 5.40. The molecule has 2 rings (SSSR count). The molecule has 0 aliphatic heterocycles. The number of hydrogen-bond donors (Lipinski definition) is 1. The summed E-state index contributed by atoms with van der Waals surface area (Å²) in [5.74, 6) is -0.667. The Labute approximate surface area is 140 Å². The fourth-order valence-corrected chi connectivity index (χ4v) is 2.91. The number of carbonyl (C=O) groups is 1. The van der Waals surface area contributed by atoms with Crippen LogP contribution < -0.4 is 5.32 Å². The third-order valence-electron chi connectivity index (χ3n) is 3.17. The van der Waals surface area contributed by atoms with Crippen LogP contribution in [0.25, 0.3) is 0 Å². The first-order valence-electron chi connectivity index (χ1n) is 7.06. The molecule has 1 heterocycles. The third kappa shape index (κ3) is 4.25. The van der Waals surface area contributed by atoms with Crippen LogP contribution in [0.5, 0.6) is 0 Å². The van der Waals surface area contributed by atoms with Crippen LogP contribution in [-0.2, 0) is 18.0 Å². The van der Waals surface area contributed by atoms with Crippen LogP contribution in [0, 0.1) is 5.92 Å². The molecule has 0 saturated heterocycles. The van der Waals surface area contributed by atoms with E-state index in [2.05, 4.69) is 20.8 Å². The molecule has 0 aliphatic rings. The molecule has 6 nitrogen and oxygen atoms in total. The van der Waals surface area contributed by atoms with Gasteiger partial charge in [-0.15, -0.1) is 5.10 Å². The number of carbonyl (C=O) groups excluding carboxylic acids is 1. The Morgan fingerprint density at radius 1 is 1.29 bits per heavy atom. The molecular formula is C14H16F3N5OS. The van der Waals surface area contributed by atoms with E-state index in [1.54, 1.807) is 20.9 Å². The van der Waals surface area contributed by atoms with Crippen molar-refractivity contribution in [3.8, 4) is 0 Å². The average Bonchev–Trinajstić information content (AvgIpc) is 2.89. The molecule has 0 aliphatic carbocycles. The maximum atomic E-state index is 13.0. The SMILES string of the molecule is CC(C)C(Sc1nnnn1C)C(=O)Nc1ccccc1C(F)(F)F. The van der Waals surface area contributed by atoms with Crippen LogP contribution in [-0.4, -0.2) is 31.4 Å². The normalized spacial score (nSPS) is 13.1. The van der Waals surface area contributed by atoms with Gasteiger partial charge in [0.2, 0.25) is 11.1 Å². The Morgan fingerprint density at radius 3 is 2.50 bits per heavy atom. The maximum absolute atomic E-state index is 13.0. The van der Waals surface area contributed by atoms with Gasteiger partial charge < -0.3 is 5.32 Å². The number of nitrogens with one attached hydrogen (secondary N) is 1. The van der Waals surface area contributed by atoms with Crippen molar-refractivity contribution in [1.29, 1.82) is 0 Å². The van der Waals surface area contributed by atoms with Crippen LogP contribution in [0.15, 0.2) is 29.4 Å². The van der Waals surface area contributed by atoms with Crippen molar-refractivity contribution in [1.82, 2.24) is 20.2 Å². The number of halogens is 3. The molecule has 0 spiro atoms. The first kappa shape index (κ1) is 18.2. The lowest BCUT2D eigenvalue weighted by atomic mass is 10.1. The molecule has 0 radical (unpaired) electrons. The third-order valence-corrected chi connectivity index (χ3v) is 4.74. The van der Waals surface area contributed by atoms with Gasteiger partial charge >= 0.3 is 6.18 Å². The van der Waals surface area contributed by atoms with E-state index < -0.39 is 22.9 Å². The van der Waals surface area contributed by atoms with E-state index >= 15 is 0 Å². The number of aromatic nitrogens is 4. The zero-order valence-electron chi connectivity index (χ0n) is 13.2. The highest BCUT2D eigenvalue weighted by molar-refractivity contribution is 8.00. The smallest absolute Gasteiger partial charge is 0.325 e. The number of tetrazole rings is 1. The predicted molar refractivity (Wildman–Crippen MR) is 83.4 cm³/mol. The summed E-state index contributed by atoms with van der Waals surface area (Å²) in [6.07, 6.45) is -4.54. The van der Waals surface area contributed by atoms with E-state index in [-0.39, 0.29) is 11.6 Å². The fraction of sp³-hybridized carbons (Fsp3) is 0.429. The van der Waals surface area contributed by atoms with E-state index in [9.17, 15) is 18.0 Å². The molecule has 1 amide bonds. The molecular weight excluding hydrogens is 343 g/mol. The summed E-state index contributed by atoms with van der Waals surface area (Å²) in [7, 11) is 1.62. The average molecular weight is 359 g/mol. The summed E-state index contributed by atoms with van der Waals surface area (Å²) in [6.45, 7) is 3.60. The van der Waals surface area contributed by atoms with Crippen LogP contribution in [0.4, 0.5) is 18.9 Å². The number of anilines is 1. The number of aryl methyl sites for hydroxylation is 1. The van der Waals surface area contributed by atoms with E-state index in [4.69, 9.17) is 0 Å². The number of nitrogens with zero attached hydrogens (tertiary/aromatic N) is 4. The van der Waals surface area contributed by atoms with E-state index in [1.807, 2.05) is 0 Å².